The summed E-state index contributed by atoms with van der Waals surface area (Å²) in [4.78, 5) is 16.1. The van der Waals surface area contributed by atoms with Crippen LogP contribution in [0.3, 0.4) is 0 Å². The Morgan fingerprint density at radius 3 is 2.38 bits per heavy atom. The summed E-state index contributed by atoms with van der Waals surface area (Å²) in [6.07, 6.45) is 14.7. The molecule has 0 aliphatic heterocycles. The fourth-order valence-corrected chi connectivity index (χ4v) is 3.69. The van der Waals surface area contributed by atoms with Gasteiger partial charge in [-0.2, -0.15) is 0 Å². The van der Waals surface area contributed by atoms with Gasteiger partial charge in [0.05, 0.1) is 6.20 Å². The van der Waals surface area contributed by atoms with E-state index in [0.29, 0.717) is 12.2 Å². The molecule has 0 bridgehead atoms. The molecule has 1 saturated carbocycles. The van der Waals surface area contributed by atoms with Crippen LogP contribution in [0.15, 0.2) is 18.3 Å². The van der Waals surface area contributed by atoms with E-state index >= 15 is 0 Å². The summed E-state index contributed by atoms with van der Waals surface area (Å²) in [7, 11) is 0. The second-order valence-corrected chi connectivity index (χ2v) is 7.28. The summed E-state index contributed by atoms with van der Waals surface area (Å²) in [5.74, 6) is 2.26. The van der Waals surface area contributed by atoms with Gasteiger partial charge in [-0.25, -0.2) is 0 Å². The number of ether oxygens (including phenoxy) is 1. The third-order valence-electron chi connectivity index (χ3n) is 5.24. The van der Waals surface area contributed by atoms with Gasteiger partial charge in [-0.15, -0.1) is 0 Å². The Kier molecular flexibility index (Phi) is 8.27. The Labute approximate surface area is 147 Å². The van der Waals surface area contributed by atoms with Crippen molar-refractivity contribution in [3.05, 3.63) is 24.0 Å². The first-order valence-electron chi connectivity index (χ1n) is 9.86. The molecule has 2 rings (SSSR count). The van der Waals surface area contributed by atoms with E-state index < -0.39 is 0 Å². The minimum atomic E-state index is -0.157. The van der Waals surface area contributed by atoms with Crippen molar-refractivity contribution in [2.75, 3.05) is 0 Å². The molecular weight excluding hydrogens is 298 g/mol. The Hall–Kier alpha value is -1.38. The van der Waals surface area contributed by atoms with Crippen LogP contribution < -0.4 is 4.74 Å². The Balaban J connectivity index is 1.69. The van der Waals surface area contributed by atoms with Crippen LogP contribution in [0.25, 0.3) is 0 Å². The van der Waals surface area contributed by atoms with E-state index in [1.807, 2.05) is 12.1 Å². The molecule has 1 fully saturated rings. The lowest BCUT2D eigenvalue weighted by Gasteiger charge is -2.28. The number of hydrogen-bond acceptors (Lipinski definition) is 3. The minimum Gasteiger partial charge on any atom is -0.425 e. The van der Waals surface area contributed by atoms with E-state index in [0.717, 1.165) is 36.8 Å². The molecule has 1 aliphatic carbocycles. The molecule has 0 radical (unpaired) electrons. The third-order valence-corrected chi connectivity index (χ3v) is 5.24. The molecule has 0 saturated heterocycles. The minimum absolute atomic E-state index is 0.157. The summed E-state index contributed by atoms with van der Waals surface area (Å²) in [5, 5.41) is 0. The monoisotopic (exact) mass is 331 g/mol. The standard InChI is InChI=1S/C21H33NO2/c1-3-5-7-21(23)24-20-15-14-19(22-16-20)13-12-18-10-8-17(6-4-2)9-11-18/h14-18H,3-13H2,1-2H3. The lowest BCUT2D eigenvalue weighted by Crippen LogP contribution is -2.15. The van der Waals surface area contributed by atoms with Crippen molar-refractivity contribution in [3.8, 4) is 5.75 Å². The Morgan fingerprint density at radius 2 is 1.79 bits per heavy atom. The highest BCUT2D eigenvalue weighted by Gasteiger charge is 2.20. The van der Waals surface area contributed by atoms with Gasteiger partial charge in [0.1, 0.15) is 5.75 Å². The summed E-state index contributed by atoms with van der Waals surface area (Å²) in [6.45, 7) is 4.36. The molecule has 1 heterocycles. The predicted octanol–water partition coefficient (Wildman–Crippen LogP) is 5.72. The molecule has 0 atom stereocenters. The first-order chi connectivity index (χ1) is 11.7. The highest BCUT2D eigenvalue weighted by Crippen LogP contribution is 2.33. The van der Waals surface area contributed by atoms with E-state index in [4.69, 9.17) is 4.74 Å². The number of unbranched alkanes of at least 4 members (excludes halogenated alkanes) is 1. The van der Waals surface area contributed by atoms with Gasteiger partial charge in [-0.05, 0) is 43.2 Å². The van der Waals surface area contributed by atoms with Crippen molar-refractivity contribution in [3.63, 3.8) is 0 Å². The van der Waals surface area contributed by atoms with E-state index in [-0.39, 0.29) is 5.97 Å². The highest BCUT2D eigenvalue weighted by molar-refractivity contribution is 5.72. The van der Waals surface area contributed by atoms with Gasteiger partial charge >= 0.3 is 5.97 Å². The van der Waals surface area contributed by atoms with Crippen LogP contribution >= 0.6 is 0 Å². The number of nitrogens with zero attached hydrogens (tertiary/aromatic N) is 1. The van der Waals surface area contributed by atoms with Crippen LogP contribution in [0, 0.1) is 11.8 Å². The number of aryl methyl sites for hydroxylation is 1. The van der Waals surface area contributed by atoms with Crippen molar-refractivity contribution in [2.24, 2.45) is 11.8 Å². The van der Waals surface area contributed by atoms with Crippen molar-refractivity contribution < 1.29 is 9.53 Å². The maximum Gasteiger partial charge on any atom is 0.311 e. The highest BCUT2D eigenvalue weighted by atomic mass is 16.5. The van der Waals surface area contributed by atoms with Gasteiger partial charge in [-0.3, -0.25) is 9.78 Å². The van der Waals surface area contributed by atoms with Crippen LogP contribution in [0.4, 0.5) is 0 Å². The normalized spacial score (nSPS) is 20.8. The number of carbonyl (C=O) groups is 1. The molecule has 3 nitrogen and oxygen atoms in total. The van der Waals surface area contributed by atoms with Gasteiger partial charge in [0, 0.05) is 12.1 Å². The van der Waals surface area contributed by atoms with E-state index in [1.54, 1.807) is 6.20 Å². The largest absolute Gasteiger partial charge is 0.425 e. The second kappa shape index (κ2) is 10.5. The van der Waals surface area contributed by atoms with Crippen LogP contribution in [-0.2, 0) is 11.2 Å². The Morgan fingerprint density at radius 1 is 1.08 bits per heavy atom. The number of esters is 1. The molecule has 0 unspecified atom stereocenters. The molecule has 1 aliphatic rings. The molecule has 0 amide bonds. The zero-order valence-electron chi connectivity index (χ0n) is 15.4. The van der Waals surface area contributed by atoms with Crippen molar-refractivity contribution in [1.82, 2.24) is 4.98 Å². The van der Waals surface area contributed by atoms with Crippen LogP contribution in [0.1, 0.15) is 83.7 Å². The number of aromatic nitrogens is 1. The van der Waals surface area contributed by atoms with Crippen molar-refractivity contribution >= 4 is 5.97 Å². The molecule has 1 aromatic heterocycles. The second-order valence-electron chi connectivity index (χ2n) is 7.28. The van der Waals surface area contributed by atoms with E-state index in [1.165, 1.54) is 44.9 Å². The maximum absolute atomic E-state index is 11.6. The fourth-order valence-electron chi connectivity index (χ4n) is 3.69. The molecule has 0 aromatic carbocycles. The van der Waals surface area contributed by atoms with Gasteiger partial charge in [0.15, 0.2) is 0 Å². The summed E-state index contributed by atoms with van der Waals surface area (Å²) in [6, 6.07) is 3.88. The Bertz CT molecular complexity index is 475. The predicted molar refractivity (Wildman–Crippen MR) is 98.1 cm³/mol. The maximum atomic E-state index is 11.6. The summed E-state index contributed by atoms with van der Waals surface area (Å²) >= 11 is 0. The van der Waals surface area contributed by atoms with Gasteiger partial charge < -0.3 is 4.74 Å². The quantitative estimate of drug-likeness (QED) is 0.543. The molecule has 24 heavy (non-hydrogen) atoms. The van der Waals surface area contributed by atoms with Gasteiger partial charge in [0.2, 0.25) is 0 Å². The summed E-state index contributed by atoms with van der Waals surface area (Å²) in [5.41, 5.74) is 1.11. The first-order valence-corrected chi connectivity index (χ1v) is 9.86. The third kappa shape index (κ3) is 6.62. The zero-order chi connectivity index (χ0) is 17.2. The molecule has 0 spiro atoms. The van der Waals surface area contributed by atoms with Crippen LogP contribution in [-0.4, -0.2) is 11.0 Å². The first kappa shape index (κ1) is 19.0. The number of hydrogen-bond donors (Lipinski definition) is 0. The fraction of sp³-hybridized carbons (Fsp3) is 0.714. The molecule has 1 aromatic rings. The topological polar surface area (TPSA) is 39.2 Å². The average molecular weight is 332 g/mol. The summed E-state index contributed by atoms with van der Waals surface area (Å²) < 4.78 is 5.30. The SMILES string of the molecule is CCCCC(=O)Oc1ccc(CCC2CCC(CCC)CC2)nc1. The number of pyridine rings is 1. The van der Waals surface area contributed by atoms with E-state index in [2.05, 4.69) is 18.8 Å². The van der Waals surface area contributed by atoms with Crippen LogP contribution in [0.5, 0.6) is 5.75 Å². The zero-order valence-corrected chi connectivity index (χ0v) is 15.4. The molecule has 134 valence electrons. The van der Waals surface area contributed by atoms with E-state index in [9.17, 15) is 4.79 Å². The van der Waals surface area contributed by atoms with Crippen molar-refractivity contribution in [1.29, 1.82) is 0 Å². The molecule has 0 N–H and O–H groups in total. The molecule has 3 heteroatoms. The number of carbonyl (C=O) groups excluding carboxylic acids is 1. The van der Waals surface area contributed by atoms with Crippen LogP contribution in [0.2, 0.25) is 0 Å². The lowest BCUT2D eigenvalue weighted by molar-refractivity contribution is -0.134. The molecular formula is C21H33NO2. The smallest absolute Gasteiger partial charge is 0.311 e. The van der Waals surface area contributed by atoms with Crippen molar-refractivity contribution in [2.45, 2.75) is 84.5 Å². The number of rotatable bonds is 9. The van der Waals surface area contributed by atoms with Gasteiger partial charge in [0.25, 0.3) is 0 Å². The van der Waals surface area contributed by atoms with Gasteiger partial charge in [-0.1, -0.05) is 58.8 Å². The lowest BCUT2D eigenvalue weighted by atomic mass is 9.78. The average Bonchev–Trinajstić information content (AvgIpc) is 2.61.